The average molecular weight is 784 g/mol. The Hall–Kier alpha value is -0.160. The van der Waals surface area contributed by atoms with Gasteiger partial charge in [-0.2, -0.15) is 0 Å². The number of hydrogen-bond donors (Lipinski definition) is 3. The summed E-state index contributed by atoms with van der Waals surface area (Å²) >= 11 is 0. The molecule has 57 heavy (non-hydrogen) atoms. The fourth-order valence-electron chi connectivity index (χ4n) is 18.5. The molecule has 3 N–H and O–H groups in total. The second-order valence-corrected chi connectivity index (χ2v) is 24.0. The van der Waals surface area contributed by atoms with Crippen LogP contribution >= 0.6 is 0 Å². The van der Waals surface area contributed by atoms with Crippen LogP contribution in [0.2, 0.25) is 0 Å². The molecule has 4 nitrogen and oxygen atoms in total. The van der Waals surface area contributed by atoms with Crippen LogP contribution in [0.25, 0.3) is 0 Å². The fourth-order valence-corrected chi connectivity index (χ4v) is 18.5. The summed E-state index contributed by atoms with van der Waals surface area (Å²) in [6.45, 7) is 0. The molecule has 0 aromatic heterocycles. The zero-order chi connectivity index (χ0) is 37.7. The Labute approximate surface area is 350 Å². The van der Waals surface area contributed by atoms with Crippen molar-refractivity contribution in [1.82, 2.24) is 16.0 Å². The summed E-state index contributed by atoms with van der Waals surface area (Å²) in [5.74, 6) is 13.9. The van der Waals surface area contributed by atoms with E-state index in [1.807, 2.05) is 0 Å². The number of fused-ring (bicyclic) bond motifs is 5. The molecule has 2 heterocycles. The Bertz CT molecular complexity index is 1280. The second-order valence-electron chi connectivity index (χ2n) is 24.0. The van der Waals surface area contributed by atoms with Crippen LogP contribution in [0.3, 0.4) is 0 Å². The van der Waals surface area contributed by atoms with Crippen molar-refractivity contribution in [3.8, 4) is 0 Å². The van der Waals surface area contributed by atoms with Crippen molar-refractivity contribution in [2.45, 2.75) is 243 Å². The molecule has 0 radical (unpaired) electrons. The average Bonchev–Trinajstić information content (AvgIpc) is 3.66. The third kappa shape index (κ3) is 8.28. The topological polar surface area (TPSA) is 45.3 Å². The molecule has 0 aromatic carbocycles. The monoisotopic (exact) mass is 784 g/mol. The van der Waals surface area contributed by atoms with Crippen molar-refractivity contribution >= 4 is 0 Å². The number of hydrogen-bond acceptors (Lipinski definition) is 4. The molecule has 4 heteroatoms. The predicted octanol–water partition coefficient (Wildman–Crippen LogP) is 12.8. The highest BCUT2D eigenvalue weighted by molar-refractivity contribution is 5.08. The summed E-state index contributed by atoms with van der Waals surface area (Å²) in [7, 11) is 0. The van der Waals surface area contributed by atoms with Crippen LogP contribution < -0.4 is 16.0 Å². The molecule has 9 saturated carbocycles. The highest BCUT2D eigenvalue weighted by Gasteiger charge is 2.59. The van der Waals surface area contributed by atoms with Gasteiger partial charge >= 0.3 is 0 Å². The van der Waals surface area contributed by atoms with E-state index in [1.165, 1.54) is 180 Å². The van der Waals surface area contributed by atoms with Crippen molar-refractivity contribution in [2.24, 2.45) is 88.8 Å². The highest BCUT2D eigenvalue weighted by atomic mass is 16.5. The van der Waals surface area contributed by atoms with Gasteiger partial charge in [-0.15, -0.1) is 0 Å². The maximum Gasteiger partial charge on any atom is 0.0645 e. The summed E-state index contributed by atoms with van der Waals surface area (Å²) < 4.78 is 7.60. The molecule has 0 bridgehead atoms. The lowest BCUT2D eigenvalue weighted by molar-refractivity contribution is -0.0751. The first-order valence-electron chi connectivity index (χ1n) is 27.2. The first-order valence-corrected chi connectivity index (χ1v) is 27.2. The Balaban J connectivity index is 0.831. The number of ether oxygens (including phenoxy) is 1. The van der Waals surface area contributed by atoms with Gasteiger partial charge in [-0.25, -0.2) is 0 Å². The lowest BCUT2D eigenvalue weighted by atomic mass is 9.57. The minimum absolute atomic E-state index is 0.461. The van der Waals surface area contributed by atoms with Crippen LogP contribution in [0.1, 0.15) is 212 Å². The molecule has 0 spiro atoms. The van der Waals surface area contributed by atoms with Crippen LogP contribution in [0.5, 0.6) is 0 Å². The predicted molar refractivity (Wildman–Crippen MR) is 234 cm³/mol. The fraction of sp³-hybridized carbons (Fsp3) is 1.00. The van der Waals surface area contributed by atoms with Gasteiger partial charge in [-0.3, -0.25) is 16.0 Å². The second kappa shape index (κ2) is 17.9. The Morgan fingerprint density at radius 2 is 0.667 bits per heavy atom. The quantitative estimate of drug-likeness (QED) is 0.251. The van der Waals surface area contributed by atoms with E-state index in [2.05, 4.69) is 16.0 Å². The van der Waals surface area contributed by atoms with Gasteiger partial charge in [-0.1, -0.05) is 122 Å². The third-order valence-corrected chi connectivity index (χ3v) is 21.5. The van der Waals surface area contributed by atoms with Crippen molar-refractivity contribution in [3.05, 3.63) is 0 Å². The van der Waals surface area contributed by atoms with Gasteiger partial charge in [0.25, 0.3) is 0 Å². The Morgan fingerprint density at radius 3 is 1.33 bits per heavy atom. The van der Waals surface area contributed by atoms with Gasteiger partial charge in [-0.05, 0) is 179 Å². The van der Waals surface area contributed by atoms with Crippen LogP contribution in [-0.4, -0.2) is 30.7 Å². The largest absolute Gasteiger partial charge is 0.374 e. The molecule has 322 valence electrons. The molecule has 11 fully saturated rings. The molecular weight excluding hydrogens is 695 g/mol. The van der Waals surface area contributed by atoms with Crippen molar-refractivity contribution < 1.29 is 4.74 Å². The van der Waals surface area contributed by atoms with E-state index in [4.69, 9.17) is 4.74 Å². The lowest BCUT2D eigenvalue weighted by Crippen LogP contribution is -2.73. The normalized spacial score (nSPS) is 50.6. The van der Waals surface area contributed by atoms with Gasteiger partial charge in [0, 0.05) is 0 Å². The minimum atomic E-state index is 0.461. The maximum atomic E-state index is 7.60. The minimum Gasteiger partial charge on any atom is -0.374 e. The highest BCUT2D eigenvalue weighted by Crippen LogP contribution is 2.59. The van der Waals surface area contributed by atoms with Crippen LogP contribution in [0.15, 0.2) is 0 Å². The van der Waals surface area contributed by atoms with Crippen molar-refractivity contribution in [1.29, 1.82) is 0 Å². The van der Waals surface area contributed by atoms with E-state index in [9.17, 15) is 0 Å². The zero-order valence-electron chi connectivity index (χ0n) is 36.8. The maximum absolute atomic E-state index is 7.60. The first kappa shape index (κ1) is 39.7. The van der Waals surface area contributed by atoms with Gasteiger partial charge in [0.1, 0.15) is 0 Å². The third-order valence-electron chi connectivity index (χ3n) is 21.5. The molecule has 11 rings (SSSR count). The van der Waals surface area contributed by atoms with E-state index in [0.717, 1.165) is 88.8 Å². The molecule has 0 aromatic rings. The van der Waals surface area contributed by atoms with Gasteiger partial charge in [0.15, 0.2) is 0 Å². The van der Waals surface area contributed by atoms with Crippen LogP contribution in [0.4, 0.5) is 0 Å². The Morgan fingerprint density at radius 1 is 0.263 bits per heavy atom. The Kier molecular flexibility index (Phi) is 12.5. The van der Waals surface area contributed by atoms with Crippen molar-refractivity contribution in [3.63, 3.8) is 0 Å². The van der Waals surface area contributed by atoms with Crippen molar-refractivity contribution in [2.75, 3.05) is 0 Å². The standard InChI is InChI=1S/C53H89N3O/c1-4-12-34(13-5-1)36-20-22-38(23-21-36)51-54-52(44-27-26-42-30-41(24-25-43(42)31-44)35-14-6-2-7-15-35)56-53(55-51)46-29-28-45(37-16-8-3-9-17-37)50-49(46)47-32-39-18-10-11-19-40(39)33-48(47)57-50/h34-56H,1-33H2. The van der Waals surface area contributed by atoms with Gasteiger partial charge in [0.05, 0.1) is 30.7 Å². The van der Waals surface area contributed by atoms with E-state index in [0.29, 0.717) is 30.7 Å². The van der Waals surface area contributed by atoms with E-state index in [-0.39, 0.29) is 0 Å². The summed E-state index contributed by atoms with van der Waals surface area (Å²) in [5, 5.41) is 13.6. The number of nitrogens with one attached hydrogen (secondary N) is 3. The van der Waals surface area contributed by atoms with E-state index < -0.39 is 0 Å². The molecular formula is C53H89N3O. The SMILES string of the molecule is C1CCC(C2CCC(C3NC(C4CCC5CC(C6CCCCC6)CCC5C4)NC(C4CCC(C5CCCCC5)C5OC6CC7CCCCC7CC6C45)N3)CC2)CC1. The summed E-state index contributed by atoms with van der Waals surface area (Å²) in [4.78, 5) is 0. The van der Waals surface area contributed by atoms with Gasteiger partial charge < -0.3 is 4.74 Å². The van der Waals surface area contributed by atoms with E-state index >= 15 is 0 Å². The summed E-state index contributed by atoms with van der Waals surface area (Å²) in [6, 6.07) is 0. The first-order chi connectivity index (χ1) is 28.2. The summed E-state index contributed by atoms with van der Waals surface area (Å²) in [6.07, 6.45) is 52.1. The zero-order valence-corrected chi connectivity index (χ0v) is 36.8. The van der Waals surface area contributed by atoms with Gasteiger partial charge in [0.2, 0.25) is 0 Å². The molecule has 2 aliphatic heterocycles. The lowest BCUT2D eigenvalue weighted by Gasteiger charge is -2.54. The molecule has 0 amide bonds. The van der Waals surface area contributed by atoms with E-state index in [1.54, 1.807) is 32.1 Å². The smallest absolute Gasteiger partial charge is 0.0645 e. The molecule has 15 unspecified atom stereocenters. The molecule has 11 aliphatic rings. The molecule has 15 atom stereocenters. The molecule has 9 aliphatic carbocycles. The summed E-state index contributed by atoms with van der Waals surface area (Å²) in [5.41, 5.74) is 0. The number of rotatable bonds is 6. The molecule has 2 saturated heterocycles. The van der Waals surface area contributed by atoms with Crippen LogP contribution in [-0.2, 0) is 4.74 Å². The van der Waals surface area contributed by atoms with Crippen LogP contribution in [0, 0.1) is 88.8 Å².